The van der Waals surface area contributed by atoms with Crippen molar-refractivity contribution < 1.29 is 9.32 Å². The van der Waals surface area contributed by atoms with Gasteiger partial charge in [-0.25, -0.2) is 9.97 Å². The van der Waals surface area contributed by atoms with E-state index >= 15 is 0 Å². The number of likely N-dealkylation sites (N-methyl/N-ethyl adjacent to an activating group) is 1. The number of amides is 1. The Hall–Kier alpha value is -3.00. The molecular weight excluding hydrogens is 356 g/mol. The van der Waals surface area contributed by atoms with E-state index < -0.39 is 0 Å². The maximum atomic E-state index is 12.4. The number of fused-ring (bicyclic) bond motifs is 1. The van der Waals surface area contributed by atoms with Crippen molar-refractivity contribution >= 4 is 22.8 Å². The number of piperazine rings is 1. The number of hydrogen-bond donors (Lipinski definition) is 1. The molecule has 146 valence electrons. The Balaban J connectivity index is 1.35. The van der Waals surface area contributed by atoms with E-state index in [2.05, 4.69) is 37.2 Å². The predicted molar refractivity (Wildman–Crippen MR) is 106 cm³/mol. The minimum Gasteiger partial charge on any atom is -0.354 e. The molecule has 0 saturated carbocycles. The summed E-state index contributed by atoms with van der Waals surface area (Å²) in [5.74, 6) is 0.804. The molecule has 0 bridgehead atoms. The number of aromatic nitrogens is 3. The second-order valence-electron chi connectivity index (χ2n) is 6.97. The second-order valence-corrected chi connectivity index (χ2v) is 6.97. The Morgan fingerprint density at radius 2 is 2.00 bits per heavy atom. The summed E-state index contributed by atoms with van der Waals surface area (Å²) in [7, 11) is 0. The van der Waals surface area contributed by atoms with E-state index in [1.807, 2.05) is 25.3 Å². The number of nitrogens with zero attached hydrogens (tertiary/aromatic N) is 5. The molecule has 0 radical (unpaired) electrons. The Bertz CT molecular complexity index is 960. The van der Waals surface area contributed by atoms with Crippen LogP contribution in [-0.2, 0) is 6.54 Å². The first-order valence-corrected chi connectivity index (χ1v) is 9.56. The van der Waals surface area contributed by atoms with E-state index in [9.17, 15) is 4.79 Å². The van der Waals surface area contributed by atoms with Crippen LogP contribution in [0.4, 0.5) is 5.82 Å². The minimum absolute atomic E-state index is 0.185. The summed E-state index contributed by atoms with van der Waals surface area (Å²) in [6.45, 7) is 9.65. The highest BCUT2D eigenvalue weighted by Crippen LogP contribution is 2.17. The van der Waals surface area contributed by atoms with Crippen LogP contribution in [0.2, 0.25) is 0 Å². The molecule has 4 heterocycles. The molecule has 0 aromatic carbocycles. The third-order valence-corrected chi connectivity index (χ3v) is 5.18. The van der Waals surface area contributed by atoms with Crippen molar-refractivity contribution in [1.29, 1.82) is 0 Å². The first kappa shape index (κ1) is 18.4. The fourth-order valence-corrected chi connectivity index (χ4v) is 3.36. The fourth-order valence-electron chi connectivity index (χ4n) is 3.36. The van der Waals surface area contributed by atoms with Crippen LogP contribution in [0.3, 0.4) is 0 Å². The maximum absolute atomic E-state index is 12.4. The van der Waals surface area contributed by atoms with Crippen LogP contribution < -0.4 is 10.2 Å². The molecule has 1 aliphatic rings. The number of pyridine rings is 2. The Kier molecular flexibility index (Phi) is 5.21. The largest absolute Gasteiger partial charge is 0.354 e. The number of anilines is 1. The Morgan fingerprint density at radius 1 is 1.18 bits per heavy atom. The van der Waals surface area contributed by atoms with Gasteiger partial charge >= 0.3 is 0 Å². The van der Waals surface area contributed by atoms with Crippen molar-refractivity contribution in [2.45, 2.75) is 20.4 Å². The van der Waals surface area contributed by atoms with Gasteiger partial charge in [0.1, 0.15) is 5.82 Å². The zero-order valence-electron chi connectivity index (χ0n) is 16.2. The van der Waals surface area contributed by atoms with E-state index in [-0.39, 0.29) is 5.91 Å². The SMILES string of the molecule is CCN1CCN(c2ccc(CNC(=O)c3cnc4onc(C)c4c3)cn2)CC1. The van der Waals surface area contributed by atoms with Gasteiger partial charge in [-0.3, -0.25) is 4.79 Å². The third-order valence-electron chi connectivity index (χ3n) is 5.18. The first-order valence-electron chi connectivity index (χ1n) is 9.56. The molecule has 28 heavy (non-hydrogen) atoms. The maximum Gasteiger partial charge on any atom is 0.257 e. The van der Waals surface area contributed by atoms with Gasteiger partial charge in [0.25, 0.3) is 11.6 Å². The molecule has 1 N–H and O–H groups in total. The molecule has 0 unspecified atom stereocenters. The van der Waals surface area contributed by atoms with Crippen molar-refractivity contribution in [1.82, 2.24) is 25.3 Å². The average Bonchev–Trinajstić information content (AvgIpc) is 3.12. The van der Waals surface area contributed by atoms with Crippen molar-refractivity contribution in [3.05, 3.63) is 47.4 Å². The summed E-state index contributed by atoms with van der Waals surface area (Å²) < 4.78 is 5.08. The van der Waals surface area contributed by atoms with Crippen LogP contribution in [0, 0.1) is 6.92 Å². The monoisotopic (exact) mass is 380 g/mol. The summed E-state index contributed by atoms with van der Waals surface area (Å²) in [6, 6.07) is 5.79. The quantitative estimate of drug-likeness (QED) is 0.724. The molecular formula is C20H24N6O2. The molecule has 0 spiro atoms. The van der Waals surface area contributed by atoms with E-state index in [0.29, 0.717) is 17.8 Å². The average molecular weight is 380 g/mol. The van der Waals surface area contributed by atoms with Gasteiger partial charge in [0.15, 0.2) is 0 Å². The lowest BCUT2D eigenvalue weighted by atomic mass is 10.2. The summed E-state index contributed by atoms with van der Waals surface area (Å²) >= 11 is 0. The summed E-state index contributed by atoms with van der Waals surface area (Å²) in [6.07, 6.45) is 3.33. The van der Waals surface area contributed by atoms with Crippen LogP contribution in [0.5, 0.6) is 0 Å². The van der Waals surface area contributed by atoms with Crippen LogP contribution in [0.15, 0.2) is 35.1 Å². The summed E-state index contributed by atoms with van der Waals surface area (Å²) in [4.78, 5) is 25.9. The topological polar surface area (TPSA) is 87.4 Å². The van der Waals surface area contributed by atoms with E-state index in [4.69, 9.17) is 4.52 Å². The lowest BCUT2D eigenvalue weighted by Gasteiger charge is -2.34. The molecule has 1 aliphatic heterocycles. The molecule has 1 amide bonds. The van der Waals surface area contributed by atoms with Crippen molar-refractivity contribution in [2.24, 2.45) is 0 Å². The van der Waals surface area contributed by atoms with Gasteiger partial charge in [0.05, 0.1) is 16.6 Å². The van der Waals surface area contributed by atoms with Crippen molar-refractivity contribution in [3.63, 3.8) is 0 Å². The zero-order valence-corrected chi connectivity index (χ0v) is 16.2. The van der Waals surface area contributed by atoms with Crippen LogP contribution in [-0.4, -0.2) is 58.7 Å². The molecule has 1 fully saturated rings. The highest BCUT2D eigenvalue weighted by Gasteiger charge is 2.16. The highest BCUT2D eigenvalue weighted by molar-refractivity contribution is 5.96. The van der Waals surface area contributed by atoms with Gasteiger partial charge in [-0.05, 0) is 31.2 Å². The number of aryl methyl sites for hydroxylation is 1. The van der Waals surface area contributed by atoms with Crippen molar-refractivity contribution in [2.75, 3.05) is 37.6 Å². The predicted octanol–water partition coefficient (Wildman–Crippen LogP) is 2.00. The number of nitrogens with one attached hydrogen (secondary N) is 1. The van der Waals surface area contributed by atoms with Crippen molar-refractivity contribution in [3.8, 4) is 0 Å². The first-order chi connectivity index (χ1) is 13.6. The Labute approximate surface area is 163 Å². The standard InChI is InChI=1S/C20H24N6O2/c1-3-25-6-8-26(9-7-25)18-5-4-15(11-21-18)12-22-19(27)16-10-17-14(2)24-28-20(17)23-13-16/h4-5,10-11,13H,3,6-9,12H2,1-2H3,(H,22,27). The fraction of sp³-hybridized carbons (Fsp3) is 0.400. The summed E-state index contributed by atoms with van der Waals surface area (Å²) in [5, 5.41) is 7.53. The zero-order chi connectivity index (χ0) is 19.5. The number of hydrogen-bond acceptors (Lipinski definition) is 7. The van der Waals surface area contributed by atoms with Gasteiger partial charge in [-0.1, -0.05) is 18.1 Å². The highest BCUT2D eigenvalue weighted by atomic mass is 16.5. The molecule has 4 rings (SSSR count). The molecule has 1 saturated heterocycles. The number of rotatable bonds is 5. The molecule has 0 aliphatic carbocycles. The van der Waals surface area contributed by atoms with Gasteiger partial charge < -0.3 is 19.6 Å². The normalized spacial score (nSPS) is 15.1. The molecule has 3 aromatic heterocycles. The Morgan fingerprint density at radius 3 is 2.71 bits per heavy atom. The lowest BCUT2D eigenvalue weighted by Crippen LogP contribution is -2.46. The van der Waals surface area contributed by atoms with Crippen LogP contribution in [0.25, 0.3) is 11.1 Å². The van der Waals surface area contributed by atoms with Crippen LogP contribution >= 0.6 is 0 Å². The van der Waals surface area contributed by atoms with Crippen LogP contribution in [0.1, 0.15) is 28.5 Å². The molecule has 0 atom stereocenters. The molecule has 8 heteroatoms. The molecule has 3 aromatic rings. The van der Waals surface area contributed by atoms with E-state index in [1.165, 1.54) is 6.20 Å². The number of carbonyl (C=O) groups is 1. The van der Waals surface area contributed by atoms with Gasteiger partial charge in [0, 0.05) is 45.1 Å². The summed E-state index contributed by atoms with van der Waals surface area (Å²) in [5.41, 5.74) is 2.60. The van der Waals surface area contributed by atoms with Gasteiger partial charge in [-0.2, -0.15) is 0 Å². The smallest absolute Gasteiger partial charge is 0.257 e. The number of carbonyl (C=O) groups excluding carboxylic acids is 1. The third kappa shape index (κ3) is 3.82. The second kappa shape index (κ2) is 7.93. The lowest BCUT2D eigenvalue weighted by molar-refractivity contribution is 0.0950. The van der Waals surface area contributed by atoms with Gasteiger partial charge in [0.2, 0.25) is 0 Å². The van der Waals surface area contributed by atoms with E-state index in [1.54, 1.807) is 6.07 Å². The molecule has 8 nitrogen and oxygen atoms in total. The minimum atomic E-state index is -0.185. The van der Waals surface area contributed by atoms with E-state index in [0.717, 1.165) is 55.2 Å². The van der Waals surface area contributed by atoms with Gasteiger partial charge in [-0.15, -0.1) is 0 Å².